The Morgan fingerprint density at radius 1 is 1.50 bits per heavy atom. The van der Waals surface area contributed by atoms with Crippen molar-refractivity contribution in [1.82, 2.24) is 0 Å². The quantitative estimate of drug-likeness (QED) is 0.596. The zero-order chi connectivity index (χ0) is 11.6. The number of benzene rings is 1. The molecular formula is C8H11BO3. The van der Waals surface area contributed by atoms with Gasteiger partial charge in [-0.25, -0.2) is 0 Å². The highest BCUT2D eigenvalue weighted by molar-refractivity contribution is 6.59. The van der Waals surface area contributed by atoms with Crippen LogP contribution in [0.3, 0.4) is 0 Å². The second-order valence-corrected chi connectivity index (χ2v) is 2.33. The average molecular weight is 169 g/mol. The number of methoxy groups -OCH3 is 1. The summed E-state index contributed by atoms with van der Waals surface area (Å²) in [5.74, 6) is 0.381. The molecule has 12 heavy (non-hydrogen) atoms. The van der Waals surface area contributed by atoms with Gasteiger partial charge in [0, 0.05) is 4.11 Å². The molecule has 0 radical (unpaired) electrons. The maximum absolute atomic E-state index is 9.04. The minimum atomic E-state index is -2.37. The summed E-state index contributed by atoms with van der Waals surface area (Å²) in [4.78, 5) is 0. The van der Waals surface area contributed by atoms with E-state index in [-0.39, 0.29) is 11.0 Å². The normalized spacial score (nSPS) is 14.4. The van der Waals surface area contributed by atoms with Crippen LogP contribution in [0.5, 0.6) is 5.75 Å². The molecule has 0 atom stereocenters. The third-order valence-corrected chi connectivity index (χ3v) is 1.54. The number of rotatable bonds is 2. The van der Waals surface area contributed by atoms with Gasteiger partial charge in [-0.3, -0.25) is 0 Å². The van der Waals surface area contributed by atoms with Crippen LogP contribution in [0.4, 0.5) is 0 Å². The summed E-state index contributed by atoms with van der Waals surface area (Å²) >= 11 is 0. The van der Waals surface area contributed by atoms with Gasteiger partial charge in [0.15, 0.2) is 0 Å². The molecule has 0 heterocycles. The van der Waals surface area contributed by atoms with Gasteiger partial charge in [-0.2, -0.15) is 0 Å². The van der Waals surface area contributed by atoms with Gasteiger partial charge in [-0.1, -0.05) is 11.6 Å². The van der Waals surface area contributed by atoms with Crippen LogP contribution in [-0.2, 0) is 0 Å². The first kappa shape index (κ1) is 5.62. The fourth-order valence-corrected chi connectivity index (χ4v) is 0.881. The predicted molar refractivity (Wildman–Crippen MR) is 47.6 cm³/mol. The summed E-state index contributed by atoms with van der Waals surface area (Å²) in [5.41, 5.74) is -0.146. The minimum absolute atomic E-state index is 0.0608. The molecule has 0 aliphatic heterocycles. The summed E-state index contributed by atoms with van der Waals surface area (Å²) < 4.78 is 26.5. The minimum Gasteiger partial charge on any atom is -0.497 e. The van der Waals surface area contributed by atoms with E-state index in [1.807, 2.05) is 0 Å². The van der Waals surface area contributed by atoms with Crippen molar-refractivity contribution in [3.05, 3.63) is 23.8 Å². The van der Waals surface area contributed by atoms with Crippen molar-refractivity contribution >= 4 is 12.6 Å². The van der Waals surface area contributed by atoms with Crippen molar-refractivity contribution < 1.29 is 18.9 Å². The molecule has 3 nitrogen and oxygen atoms in total. The Balaban J connectivity index is 3.28. The molecule has 2 N–H and O–H groups in total. The lowest BCUT2D eigenvalue weighted by atomic mass is 9.77. The third-order valence-electron chi connectivity index (χ3n) is 1.54. The third kappa shape index (κ3) is 1.78. The largest absolute Gasteiger partial charge is 0.497 e. The zero-order valence-electron chi connectivity index (χ0n) is 9.61. The summed E-state index contributed by atoms with van der Waals surface area (Å²) in [6.07, 6.45) is 0. The first-order chi connectivity index (χ1) is 6.86. The van der Waals surface area contributed by atoms with Gasteiger partial charge in [0.05, 0.1) is 7.11 Å². The SMILES string of the molecule is [2H]C([2H])([2H])c1ccc(OC)cc1B(O)O. The monoisotopic (exact) mass is 169 g/mol. The Morgan fingerprint density at radius 2 is 2.25 bits per heavy atom. The van der Waals surface area contributed by atoms with Crippen LogP contribution < -0.4 is 10.2 Å². The van der Waals surface area contributed by atoms with Gasteiger partial charge in [-0.15, -0.1) is 0 Å². The summed E-state index contributed by atoms with van der Waals surface area (Å²) in [5, 5.41) is 18.1. The first-order valence-electron chi connectivity index (χ1n) is 4.91. The van der Waals surface area contributed by atoms with E-state index >= 15 is 0 Å². The van der Waals surface area contributed by atoms with E-state index in [9.17, 15) is 0 Å². The predicted octanol–water partition coefficient (Wildman–Crippen LogP) is -0.317. The Bertz CT molecular complexity index is 351. The van der Waals surface area contributed by atoms with Gasteiger partial charge in [0.2, 0.25) is 0 Å². The van der Waals surface area contributed by atoms with Crippen molar-refractivity contribution in [3.63, 3.8) is 0 Å². The molecule has 0 spiro atoms. The van der Waals surface area contributed by atoms with Crippen LogP contribution in [0.1, 0.15) is 9.68 Å². The van der Waals surface area contributed by atoms with Crippen LogP contribution in [0, 0.1) is 6.85 Å². The smallest absolute Gasteiger partial charge is 0.488 e. The van der Waals surface area contributed by atoms with Gasteiger partial charge in [0.25, 0.3) is 0 Å². The molecule has 0 bridgehead atoms. The van der Waals surface area contributed by atoms with E-state index in [0.717, 1.165) is 0 Å². The van der Waals surface area contributed by atoms with Crippen molar-refractivity contribution in [2.75, 3.05) is 7.11 Å². The molecule has 0 saturated heterocycles. The van der Waals surface area contributed by atoms with E-state index in [1.54, 1.807) is 0 Å². The molecule has 4 heteroatoms. The summed E-state index contributed by atoms with van der Waals surface area (Å²) in [6, 6.07) is 4.07. The first-order valence-corrected chi connectivity index (χ1v) is 3.41. The fourth-order valence-electron chi connectivity index (χ4n) is 0.881. The Hall–Kier alpha value is -0.995. The van der Waals surface area contributed by atoms with Gasteiger partial charge < -0.3 is 14.8 Å². The lowest BCUT2D eigenvalue weighted by Gasteiger charge is -2.06. The van der Waals surface area contributed by atoms with Crippen LogP contribution in [0.25, 0.3) is 0 Å². The van der Waals surface area contributed by atoms with E-state index in [2.05, 4.69) is 0 Å². The fraction of sp³-hybridized carbons (Fsp3) is 0.250. The molecule has 0 saturated carbocycles. The maximum Gasteiger partial charge on any atom is 0.488 e. The lowest BCUT2D eigenvalue weighted by Crippen LogP contribution is -2.31. The topological polar surface area (TPSA) is 49.7 Å². The Labute approximate surface area is 76.0 Å². The lowest BCUT2D eigenvalue weighted by molar-refractivity contribution is 0.412. The van der Waals surface area contributed by atoms with E-state index in [0.29, 0.717) is 5.75 Å². The second kappa shape index (κ2) is 3.60. The van der Waals surface area contributed by atoms with E-state index in [4.69, 9.17) is 18.9 Å². The Morgan fingerprint density at radius 3 is 2.75 bits per heavy atom. The van der Waals surface area contributed by atoms with Crippen LogP contribution >= 0.6 is 0 Å². The van der Waals surface area contributed by atoms with E-state index in [1.165, 1.54) is 25.3 Å². The number of aryl methyl sites for hydroxylation is 1. The molecule has 0 aliphatic carbocycles. The Kier molecular flexibility index (Phi) is 1.69. The standard InChI is InChI=1S/C8H11BO3/c1-6-3-4-7(12-2)5-8(6)9(10)11/h3-5,10-11H,1-2H3/i1D3. The molecule has 0 unspecified atom stereocenters. The zero-order valence-corrected chi connectivity index (χ0v) is 6.61. The highest BCUT2D eigenvalue weighted by Gasteiger charge is 2.14. The molecule has 0 aliphatic rings. The van der Waals surface area contributed by atoms with Crippen molar-refractivity contribution in [2.24, 2.45) is 0 Å². The molecule has 0 fully saturated rings. The van der Waals surface area contributed by atoms with Crippen LogP contribution in [-0.4, -0.2) is 24.3 Å². The van der Waals surface area contributed by atoms with Crippen molar-refractivity contribution in [1.29, 1.82) is 0 Å². The number of hydrogen-bond donors (Lipinski definition) is 2. The van der Waals surface area contributed by atoms with Gasteiger partial charge in [0.1, 0.15) is 5.75 Å². The summed E-state index contributed by atoms with van der Waals surface area (Å²) in [7, 11) is -0.409. The highest BCUT2D eigenvalue weighted by atomic mass is 16.5. The molecule has 0 aromatic heterocycles. The molecular weight excluding hydrogens is 155 g/mol. The molecule has 1 rings (SSSR count). The molecule has 1 aromatic rings. The summed E-state index contributed by atoms with van der Waals surface area (Å²) in [6.45, 7) is -2.37. The molecule has 1 aromatic carbocycles. The molecule has 64 valence electrons. The maximum atomic E-state index is 9.04. The van der Waals surface area contributed by atoms with Gasteiger partial charge in [-0.05, 0) is 24.4 Å². The van der Waals surface area contributed by atoms with Gasteiger partial charge >= 0.3 is 7.12 Å². The number of hydrogen-bond acceptors (Lipinski definition) is 3. The van der Waals surface area contributed by atoms with Crippen molar-refractivity contribution in [2.45, 2.75) is 6.85 Å². The second-order valence-electron chi connectivity index (χ2n) is 2.33. The van der Waals surface area contributed by atoms with Crippen LogP contribution in [0.2, 0.25) is 0 Å². The van der Waals surface area contributed by atoms with Crippen molar-refractivity contribution in [3.8, 4) is 5.75 Å². The number of ether oxygens (including phenoxy) is 1. The van der Waals surface area contributed by atoms with E-state index < -0.39 is 14.0 Å². The average Bonchev–Trinajstić information content (AvgIpc) is 2.15. The molecule has 0 amide bonds. The van der Waals surface area contributed by atoms with Crippen LogP contribution in [0.15, 0.2) is 18.2 Å². The highest BCUT2D eigenvalue weighted by Crippen LogP contribution is 2.08.